The lowest BCUT2D eigenvalue weighted by Crippen LogP contribution is -2.42. The van der Waals surface area contributed by atoms with Crippen LogP contribution in [-0.2, 0) is 0 Å². The first-order chi connectivity index (χ1) is 9.72. The van der Waals surface area contributed by atoms with Crippen molar-refractivity contribution in [1.29, 1.82) is 5.26 Å². The molecular weight excluding hydrogens is 244 g/mol. The van der Waals surface area contributed by atoms with Gasteiger partial charge in [0.05, 0.1) is 12.0 Å². The summed E-state index contributed by atoms with van der Waals surface area (Å²) in [4.78, 5) is 0. The van der Waals surface area contributed by atoms with Crippen LogP contribution in [0.4, 0.5) is 0 Å². The van der Waals surface area contributed by atoms with E-state index in [0.29, 0.717) is 6.04 Å². The van der Waals surface area contributed by atoms with E-state index in [1.165, 1.54) is 25.7 Å². The third-order valence-electron chi connectivity index (χ3n) is 4.62. The smallest absolute Gasteiger partial charge is 0.0837 e. The van der Waals surface area contributed by atoms with Crippen LogP contribution < -0.4 is 5.32 Å². The molecule has 3 atom stereocenters. The fourth-order valence-corrected chi connectivity index (χ4v) is 3.40. The predicted octanol–water partition coefficient (Wildman–Crippen LogP) is 4.10. The molecule has 0 heterocycles. The van der Waals surface area contributed by atoms with Crippen molar-refractivity contribution in [3.63, 3.8) is 0 Å². The van der Waals surface area contributed by atoms with Gasteiger partial charge in [0.25, 0.3) is 0 Å². The second-order valence-corrected chi connectivity index (χ2v) is 6.30. The van der Waals surface area contributed by atoms with Gasteiger partial charge in [0.1, 0.15) is 0 Å². The van der Waals surface area contributed by atoms with Crippen molar-refractivity contribution in [3.8, 4) is 6.07 Å². The highest BCUT2D eigenvalue weighted by Crippen LogP contribution is 2.30. The van der Waals surface area contributed by atoms with E-state index in [-0.39, 0.29) is 5.92 Å². The lowest BCUT2D eigenvalue weighted by Gasteiger charge is -2.35. The predicted molar refractivity (Wildman–Crippen MR) is 83.4 cm³/mol. The van der Waals surface area contributed by atoms with E-state index in [4.69, 9.17) is 0 Å². The standard InChI is InChI=1S/C18H26N2/c1-14(2)17-10-6-7-11-18(17)20-13-16(12-19)15-8-4-3-5-9-15/h3-5,8-9,14,16-18,20H,6-7,10-11,13H2,1-2H3. The summed E-state index contributed by atoms with van der Waals surface area (Å²) in [6.07, 6.45) is 5.28. The van der Waals surface area contributed by atoms with Crippen molar-refractivity contribution in [2.24, 2.45) is 11.8 Å². The second-order valence-electron chi connectivity index (χ2n) is 6.30. The topological polar surface area (TPSA) is 35.8 Å². The Labute approximate surface area is 123 Å². The molecule has 20 heavy (non-hydrogen) atoms. The number of nitriles is 1. The van der Waals surface area contributed by atoms with Crippen LogP contribution in [0.5, 0.6) is 0 Å². The molecule has 1 aromatic rings. The zero-order valence-electron chi connectivity index (χ0n) is 12.7. The first kappa shape index (κ1) is 15.1. The molecular formula is C18H26N2. The van der Waals surface area contributed by atoms with E-state index in [2.05, 4.69) is 37.4 Å². The van der Waals surface area contributed by atoms with Crippen molar-refractivity contribution in [1.82, 2.24) is 5.32 Å². The molecule has 1 N–H and O–H groups in total. The van der Waals surface area contributed by atoms with Gasteiger partial charge in [-0.3, -0.25) is 0 Å². The monoisotopic (exact) mass is 270 g/mol. The number of nitrogens with zero attached hydrogens (tertiary/aromatic N) is 1. The molecule has 0 amide bonds. The number of hydrogen-bond donors (Lipinski definition) is 1. The van der Waals surface area contributed by atoms with Crippen LogP contribution in [0.25, 0.3) is 0 Å². The van der Waals surface area contributed by atoms with Gasteiger partial charge in [-0.1, -0.05) is 57.0 Å². The van der Waals surface area contributed by atoms with Gasteiger partial charge in [0.15, 0.2) is 0 Å². The average Bonchev–Trinajstić information content (AvgIpc) is 2.49. The number of rotatable bonds is 5. The quantitative estimate of drug-likeness (QED) is 0.874. The maximum Gasteiger partial charge on any atom is 0.0837 e. The van der Waals surface area contributed by atoms with Gasteiger partial charge in [0.2, 0.25) is 0 Å². The van der Waals surface area contributed by atoms with Crippen molar-refractivity contribution in [3.05, 3.63) is 35.9 Å². The normalized spacial score (nSPS) is 24.3. The van der Waals surface area contributed by atoms with Crippen molar-refractivity contribution in [2.75, 3.05) is 6.54 Å². The van der Waals surface area contributed by atoms with Crippen molar-refractivity contribution >= 4 is 0 Å². The number of nitrogens with one attached hydrogen (secondary N) is 1. The van der Waals surface area contributed by atoms with E-state index in [0.717, 1.165) is 23.9 Å². The highest BCUT2D eigenvalue weighted by molar-refractivity contribution is 5.25. The van der Waals surface area contributed by atoms with Gasteiger partial charge in [0, 0.05) is 12.6 Å². The van der Waals surface area contributed by atoms with Gasteiger partial charge in [-0.25, -0.2) is 0 Å². The average molecular weight is 270 g/mol. The zero-order chi connectivity index (χ0) is 14.4. The van der Waals surface area contributed by atoms with E-state index >= 15 is 0 Å². The molecule has 1 aliphatic carbocycles. The van der Waals surface area contributed by atoms with Crippen LogP contribution in [-0.4, -0.2) is 12.6 Å². The Morgan fingerprint density at radius 2 is 1.90 bits per heavy atom. The number of hydrogen-bond acceptors (Lipinski definition) is 2. The van der Waals surface area contributed by atoms with Gasteiger partial charge >= 0.3 is 0 Å². The van der Waals surface area contributed by atoms with E-state index in [9.17, 15) is 5.26 Å². The first-order valence-electron chi connectivity index (χ1n) is 7.90. The molecule has 0 radical (unpaired) electrons. The lowest BCUT2D eigenvalue weighted by atomic mass is 9.77. The molecule has 1 saturated carbocycles. The molecule has 0 aromatic heterocycles. The summed E-state index contributed by atoms with van der Waals surface area (Å²) in [5.74, 6) is 1.45. The summed E-state index contributed by atoms with van der Waals surface area (Å²) in [6, 6.07) is 13.2. The Bertz CT molecular complexity index is 432. The molecule has 1 aromatic carbocycles. The molecule has 0 bridgehead atoms. The molecule has 0 aliphatic heterocycles. The van der Waals surface area contributed by atoms with Gasteiger partial charge in [-0.05, 0) is 30.2 Å². The zero-order valence-corrected chi connectivity index (χ0v) is 12.7. The second kappa shape index (κ2) is 7.45. The Hall–Kier alpha value is -1.33. The molecule has 108 valence electrons. The van der Waals surface area contributed by atoms with Crippen LogP contribution in [0.1, 0.15) is 51.0 Å². The minimum atomic E-state index is -0.0362. The maximum absolute atomic E-state index is 9.39. The molecule has 0 spiro atoms. The van der Waals surface area contributed by atoms with Crippen LogP contribution >= 0.6 is 0 Å². The molecule has 2 heteroatoms. The fourth-order valence-electron chi connectivity index (χ4n) is 3.40. The largest absolute Gasteiger partial charge is 0.312 e. The molecule has 3 unspecified atom stereocenters. The molecule has 0 saturated heterocycles. The summed E-state index contributed by atoms with van der Waals surface area (Å²) >= 11 is 0. The number of benzene rings is 1. The van der Waals surface area contributed by atoms with Gasteiger partial charge in [-0.2, -0.15) is 5.26 Å². The maximum atomic E-state index is 9.39. The summed E-state index contributed by atoms with van der Waals surface area (Å²) < 4.78 is 0. The first-order valence-corrected chi connectivity index (χ1v) is 7.90. The van der Waals surface area contributed by atoms with Crippen LogP contribution in [0, 0.1) is 23.2 Å². The lowest BCUT2D eigenvalue weighted by molar-refractivity contribution is 0.205. The Morgan fingerprint density at radius 3 is 2.55 bits per heavy atom. The summed E-state index contributed by atoms with van der Waals surface area (Å²) in [5, 5.41) is 13.1. The van der Waals surface area contributed by atoms with Crippen LogP contribution in [0.15, 0.2) is 30.3 Å². The van der Waals surface area contributed by atoms with Gasteiger partial charge in [-0.15, -0.1) is 0 Å². The van der Waals surface area contributed by atoms with Crippen molar-refractivity contribution in [2.45, 2.75) is 51.5 Å². The molecule has 1 aliphatic rings. The Morgan fingerprint density at radius 1 is 1.20 bits per heavy atom. The van der Waals surface area contributed by atoms with E-state index < -0.39 is 0 Å². The van der Waals surface area contributed by atoms with Crippen LogP contribution in [0.3, 0.4) is 0 Å². The molecule has 2 nitrogen and oxygen atoms in total. The van der Waals surface area contributed by atoms with E-state index in [1.807, 2.05) is 18.2 Å². The minimum absolute atomic E-state index is 0.0362. The minimum Gasteiger partial charge on any atom is -0.312 e. The third-order valence-corrected chi connectivity index (χ3v) is 4.62. The van der Waals surface area contributed by atoms with Gasteiger partial charge < -0.3 is 5.32 Å². The Balaban J connectivity index is 1.94. The van der Waals surface area contributed by atoms with Crippen molar-refractivity contribution < 1.29 is 0 Å². The third kappa shape index (κ3) is 3.84. The molecule has 1 fully saturated rings. The summed E-state index contributed by atoms with van der Waals surface area (Å²) in [6.45, 7) is 5.42. The van der Waals surface area contributed by atoms with Crippen LogP contribution in [0.2, 0.25) is 0 Å². The highest BCUT2D eigenvalue weighted by Gasteiger charge is 2.27. The SMILES string of the molecule is CC(C)C1CCCCC1NCC(C#N)c1ccccc1. The Kier molecular flexibility index (Phi) is 5.61. The van der Waals surface area contributed by atoms with E-state index in [1.54, 1.807) is 0 Å². The molecule has 2 rings (SSSR count). The summed E-state index contributed by atoms with van der Waals surface area (Å²) in [5.41, 5.74) is 1.12. The fraction of sp³-hybridized carbons (Fsp3) is 0.611. The highest BCUT2D eigenvalue weighted by atomic mass is 14.9. The summed E-state index contributed by atoms with van der Waals surface area (Å²) in [7, 11) is 0.